The Kier molecular flexibility index (Phi) is 7.12. The van der Waals surface area contributed by atoms with Crippen LogP contribution in [0.1, 0.15) is 30.1 Å². The van der Waals surface area contributed by atoms with Gasteiger partial charge in [-0.1, -0.05) is 30.8 Å². The Labute approximate surface area is 184 Å². The summed E-state index contributed by atoms with van der Waals surface area (Å²) in [6.07, 6.45) is 1.54. The smallest absolute Gasteiger partial charge is 0.238 e. The normalized spacial score (nSPS) is 12.8. The molecule has 0 aliphatic heterocycles. The number of aryl methyl sites for hydroxylation is 2. The lowest BCUT2D eigenvalue weighted by Gasteiger charge is -2.12. The van der Waals surface area contributed by atoms with Crippen molar-refractivity contribution in [3.63, 3.8) is 0 Å². The van der Waals surface area contributed by atoms with Gasteiger partial charge in [0.2, 0.25) is 15.9 Å². The van der Waals surface area contributed by atoms with Crippen molar-refractivity contribution in [1.29, 1.82) is 0 Å². The van der Waals surface area contributed by atoms with E-state index in [1.165, 1.54) is 28.8 Å². The lowest BCUT2D eigenvalue weighted by molar-refractivity contribution is -0.120. The Morgan fingerprint density at radius 3 is 2.60 bits per heavy atom. The van der Waals surface area contributed by atoms with Crippen molar-refractivity contribution >= 4 is 49.2 Å². The van der Waals surface area contributed by atoms with E-state index in [-0.39, 0.29) is 16.1 Å². The second-order valence-electron chi connectivity index (χ2n) is 6.85. The quantitative estimate of drug-likeness (QED) is 0.391. The van der Waals surface area contributed by atoms with Crippen LogP contribution in [0.5, 0.6) is 0 Å². The number of thiophene rings is 1. The van der Waals surface area contributed by atoms with Crippen LogP contribution < -0.4 is 10.5 Å². The zero-order valence-electron chi connectivity index (χ0n) is 17.0. The molecule has 0 fully saturated rings. The predicted octanol–water partition coefficient (Wildman–Crippen LogP) is 3.05. The molecule has 0 radical (unpaired) electrons. The molecule has 7 nitrogen and oxygen atoms in total. The second kappa shape index (κ2) is 9.42. The molecule has 30 heavy (non-hydrogen) atoms. The third-order valence-electron chi connectivity index (χ3n) is 4.49. The second-order valence-corrected chi connectivity index (χ2v) is 10.9. The molecule has 0 saturated carbocycles. The Hall–Kier alpha value is -2.01. The van der Waals surface area contributed by atoms with E-state index in [2.05, 4.69) is 28.3 Å². The average molecular weight is 465 g/mol. The predicted molar refractivity (Wildman–Crippen MR) is 121 cm³/mol. The molecule has 2 aromatic heterocycles. The highest BCUT2D eigenvalue weighted by atomic mass is 32.2. The van der Waals surface area contributed by atoms with Crippen molar-refractivity contribution in [1.82, 2.24) is 15.3 Å². The van der Waals surface area contributed by atoms with Gasteiger partial charge < -0.3 is 5.32 Å². The van der Waals surface area contributed by atoms with Gasteiger partial charge in [-0.2, -0.15) is 0 Å². The molecule has 1 atom stereocenters. The summed E-state index contributed by atoms with van der Waals surface area (Å²) in [6, 6.07) is 8.45. The van der Waals surface area contributed by atoms with Crippen molar-refractivity contribution < 1.29 is 13.2 Å². The molecule has 1 aromatic carbocycles. The van der Waals surface area contributed by atoms with Crippen LogP contribution in [0.3, 0.4) is 0 Å². The van der Waals surface area contributed by atoms with Crippen LogP contribution in [0, 0.1) is 6.92 Å². The van der Waals surface area contributed by atoms with Gasteiger partial charge in [0.1, 0.15) is 15.7 Å². The lowest BCUT2D eigenvalue weighted by Crippen LogP contribution is -2.32. The van der Waals surface area contributed by atoms with Gasteiger partial charge in [-0.25, -0.2) is 23.5 Å². The summed E-state index contributed by atoms with van der Waals surface area (Å²) in [4.78, 5) is 23.9. The van der Waals surface area contributed by atoms with Crippen molar-refractivity contribution in [2.75, 3.05) is 6.54 Å². The zero-order chi connectivity index (χ0) is 21.9. The third kappa shape index (κ3) is 5.57. The Balaban J connectivity index is 1.59. The standard InChI is InChI=1S/C20H24N4O3S3/c1-4-15-11-17-19(23-13(3)24-20(17)29-15)28-12(2)18(25)22-10-9-14-5-7-16(8-6-14)30(21,26)27/h5-8,11-12H,4,9-10H2,1-3H3,(H,22,25)(H2,21,26,27). The number of aromatic nitrogens is 2. The van der Waals surface area contributed by atoms with Crippen LogP contribution in [0.4, 0.5) is 0 Å². The first kappa shape index (κ1) is 22.7. The van der Waals surface area contributed by atoms with Gasteiger partial charge in [0, 0.05) is 16.8 Å². The zero-order valence-corrected chi connectivity index (χ0v) is 19.5. The maximum Gasteiger partial charge on any atom is 0.238 e. The summed E-state index contributed by atoms with van der Waals surface area (Å²) >= 11 is 3.10. The summed E-state index contributed by atoms with van der Waals surface area (Å²) in [6.45, 7) is 6.28. The minimum absolute atomic E-state index is 0.0727. The van der Waals surface area contributed by atoms with E-state index in [4.69, 9.17) is 5.14 Å². The van der Waals surface area contributed by atoms with E-state index < -0.39 is 10.0 Å². The highest BCUT2D eigenvalue weighted by Crippen LogP contribution is 2.33. The van der Waals surface area contributed by atoms with Crippen LogP contribution >= 0.6 is 23.1 Å². The molecule has 1 amide bonds. The van der Waals surface area contributed by atoms with Crippen LogP contribution in [0.25, 0.3) is 10.2 Å². The van der Waals surface area contributed by atoms with Gasteiger partial charge in [-0.15, -0.1) is 11.3 Å². The number of nitrogens with one attached hydrogen (secondary N) is 1. The fourth-order valence-corrected chi connectivity index (χ4v) is 5.44. The van der Waals surface area contributed by atoms with E-state index in [1.54, 1.807) is 23.5 Å². The van der Waals surface area contributed by atoms with E-state index >= 15 is 0 Å². The number of hydrogen-bond acceptors (Lipinski definition) is 7. The van der Waals surface area contributed by atoms with Crippen molar-refractivity contribution in [2.45, 2.75) is 48.8 Å². The summed E-state index contributed by atoms with van der Waals surface area (Å²) in [5.41, 5.74) is 0.918. The van der Waals surface area contributed by atoms with Crippen molar-refractivity contribution in [3.05, 3.63) is 46.6 Å². The molecule has 3 N–H and O–H groups in total. The van der Waals surface area contributed by atoms with Crippen LogP contribution in [-0.2, 0) is 27.7 Å². The largest absolute Gasteiger partial charge is 0.355 e. The highest BCUT2D eigenvalue weighted by molar-refractivity contribution is 8.00. The van der Waals surface area contributed by atoms with Crippen molar-refractivity contribution in [2.24, 2.45) is 5.14 Å². The first-order chi connectivity index (χ1) is 14.2. The van der Waals surface area contributed by atoms with Crippen LogP contribution in [0.15, 0.2) is 40.3 Å². The first-order valence-electron chi connectivity index (χ1n) is 9.50. The fraction of sp³-hybridized carbons (Fsp3) is 0.350. The molecule has 0 bridgehead atoms. The number of fused-ring (bicyclic) bond motifs is 1. The summed E-state index contributed by atoms with van der Waals surface area (Å²) in [5, 5.41) is 9.55. The molecule has 2 heterocycles. The summed E-state index contributed by atoms with van der Waals surface area (Å²) in [7, 11) is -3.70. The highest BCUT2D eigenvalue weighted by Gasteiger charge is 2.18. The maximum atomic E-state index is 12.5. The van der Waals surface area contributed by atoms with Crippen LogP contribution in [-0.4, -0.2) is 36.1 Å². The number of nitrogens with two attached hydrogens (primary N) is 1. The monoisotopic (exact) mass is 464 g/mol. The Morgan fingerprint density at radius 2 is 1.97 bits per heavy atom. The topological polar surface area (TPSA) is 115 Å². The first-order valence-corrected chi connectivity index (χ1v) is 12.7. The van der Waals surface area contributed by atoms with E-state index in [1.807, 2.05) is 13.8 Å². The molecule has 0 aliphatic rings. The van der Waals surface area contributed by atoms with Gasteiger partial charge in [0.25, 0.3) is 0 Å². The number of primary sulfonamides is 1. The average Bonchev–Trinajstić information content (AvgIpc) is 3.10. The molecule has 10 heteroatoms. The van der Waals surface area contributed by atoms with Gasteiger partial charge in [-0.3, -0.25) is 4.79 Å². The van der Waals surface area contributed by atoms with Gasteiger partial charge in [0.15, 0.2) is 0 Å². The van der Waals surface area contributed by atoms with Crippen molar-refractivity contribution in [3.8, 4) is 0 Å². The summed E-state index contributed by atoms with van der Waals surface area (Å²) < 4.78 is 22.6. The molecular weight excluding hydrogens is 440 g/mol. The number of carbonyl (C=O) groups is 1. The number of amides is 1. The SMILES string of the molecule is CCc1cc2c(SC(C)C(=O)NCCc3ccc(S(N)(=O)=O)cc3)nc(C)nc2s1. The Morgan fingerprint density at radius 1 is 1.27 bits per heavy atom. The number of benzene rings is 1. The van der Waals surface area contributed by atoms with E-state index in [0.29, 0.717) is 18.8 Å². The molecule has 160 valence electrons. The Bertz CT molecular complexity index is 1160. The number of rotatable bonds is 8. The molecule has 3 aromatic rings. The maximum absolute atomic E-state index is 12.5. The fourth-order valence-electron chi connectivity index (χ4n) is 2.85. The van der Waals surface area contributed by atoms with E-state index in [0.717, 1.165) is 27.2 Å². The lowest BCUT2D eigenvalue weighted by atomic mass is 10.1. The minimum Gasteiger partial charge on any atom is -0.355 e. The number of sulfonamides is 1. The number of nitrogens with zero attached hydrogens (tertiary/aromatic N) is 2. The van der Waals surface area contributed by atoms with Crippen LogP contribution in [0.2, 0.25) is 0 Å². The van der Waals surface area contributed by atoms with Gasteiger partial charge in [0.05, 0.1) is 10.1 Å². The third-order valence-corrected chi connectivity index (χ3v) is 7.70. The molecular formula is C20H24N4O3S3. The number of hydrogen-bond donors (Lipinski definition) is 2. The molecule has 0 spiro atoms. The van der Waals surface area contributed by atoms with Gasteiger partial charge >= 0.3 is 0 Å². The number of thioether (sulfide) groups is 1. The molecule has 3 rings (SSSR count). The number of carbonyl (C=O) groups excluding carboxylic acids is 1. The van der Waals surface area contributed by atoms with Gasteiger partial charge in [-0.05, 0) is 50.5 Å². The molecule has 1 unspecified atom stereocenters. The minimum atomic E-state index is -3.70. The summed E-state index contributed by atoms with van der Waals surface area (Å²) in [5.74, 6) is 0.626. The molecule has 0 aliphatic carbocycles. The van der Waals surface area contributed by atoms with E-state index in [9.17, 15) is 13.2 Å². The molecule has 0 saturated heterocycles.